The molecule has 1 N–H and O–H groups in total. The number of nitrogens with zero attached hydrogens (tertiary/aromatic N) is 1. The van der Waals surface area contributed by atoms with E-state index >= 15 is 0 Å². The van der Waals surface area contributed by atoms with Crippen LogP contribution in [0.3, 0.4) is 0 Å². The third-order valence-electron chi connectivity index (χ3n) is 1.33. The van der Waals surface area contributed by atoms with E-state index in [0.717, 1.165) is 5.69 Å². The number of carbonyl (C=O) groups is 1. The van der Waals surface area contributed by atoms with Crippen molar-refractivity contribution >= 4 is 26.6 Å². The molecule has 0 aliphatic rings. The minimum absolute atomic E-state index is 0.0900. The molecule has 13 heavy (non-hydrogen) atoms. The fourth-order valence-corrected chi connectivity index (χ4v) is 1.38. The second-order valence-electron chi connectivity index (χ2n) is 2.29. The molecule has 0 spiro atoms. The van der Waals surface area contributed by atoms with E-state index in [1.165, 1.54) is 0 Å². The van der Waals surface area contributed by atoms with Crippen LogP contribution in [0, 0.1) is 10.2 Å². The van der Waals surface area contributed by atoms with Crippen LogP contribution in [-0.4, -0.2) is 20.9 Å². The first-order valence-electron chi connectivity index (χ1n) is 3.68. The molecule has 66 valence electrons. The number of benzene rings is 1. The van der Waals surface area contributed by atoms with E-state index in [4.69, 9.17) is 5.26 Å². The van der Waals surface area contributed by atoms with Gasteiger partial charge in [-0.3, -0.25) is 0 Å². The minimum atomic E-state index is -0.237. The van der Waals surface area contributed by atoms with Gasteiger partial charge < -0.3 is 0 Å². The summed E-state index contributed by atoms with van der Waals surface area (Å²) in [7, 11) is 0. The zero-order chi connectivity index (χ0) is 9.52. The van der Waals surface area contributed by atoms with Crippen LogP contribution in [0.5, 0.6) is 0 Å². The Bertz CT molecular complexity index is 318. The van der Waals surface area contributed by atoms with Gasteiger partial charge >= 0.3 is 82.5 Å². The molecule has 0 unspecified atom stereocenters. The van der Waals surface area contributed by atoms with E-state index in [-0.39, 0.29) is 20.9 Å². The van der Waals surface area contributed by atoms with Crippen LogP contribution in [-0.2, 0) is 4.79 Å². The molecule has 1 aromatic carbocycles. The summed E-state index contributed by atoms with van der Waals surface area (Å²) >= 11 is -0.237. The molecule has 0 saturated carbocycles. The quantitative estimate of drug-likeness (QED) is 0.806. The third kappa shape index (κ3) is 3.75. The molecular formula is C9H8N2OSe. The Labute approximate surface area is 82.9 Å². The molecule has 3 nitrogen and oxygen atoms in total. The van der Waals surface area contributed by atoms with E-state index in [1.807, 2.05) is 35.3 Å². The van der Waals surface area contributed by atoms with Gasteiger partial charge in [-0.2, -0.15) is 0 Å². The van der Waals surface area contributed by atoms with E-state index in [9.17, 15) is 4.79 Å². The summed E-state index contributed by atoms with van der Waals surface area (Å²) in [5.41, 5.74) is 0.779. The fourth-order valence-electron chi connectivity index (χ4n) is 0.816. The van der Waals surface area contributed by atoms with Crippen LogP contribution in [0.25, 0.3) is 0 Å². The molecule has 0 saturated heterocycles. The maximum atomic E-state index is 11.1. The van der Waals surface area contributed by atoms with Gasteiger partial charge in [-0.1, -0.05) is 0 Å². The number of amides is 1. The molecule has 1 rings (SSSR count). The molecule has 0 aliphatic carbocycles. The van der Waals surface area contributed by atoms with Crippen molar-refractivity contribution in [3.63, 3.8) is 0 Å². The van der Waals surface area contributed by atoms with E-state index in [2.05, 4.69) is 5.32 Å². The first-order valence-corrected chi connectivity index (χ1v) is 5.75. The molecule has 0 bridgehead atoms. The number of hydrogen-bond acceptors (Lipinski definition) is 2. The van der Waals surface area contributed by atoms with Crippen LogP contribution < -0.4 is 5.32 Å². The van der Waals surface area contributed by atoms with Gasteiger partial charge in [0.2, 0.25) is 0 Å². The van der Waals surface area contributed by atoms with Crippen LogP contribution >= 0.6 is 0 Å². The van der Waals surface area contributed by atoms with Crippen molar-refractivity contribution in [3.05, 3.63) is 30.3 Å². The second kappa shape index (κ2) is 5.36. The average molecular weight is 239 g/mol. The number of hydrogen-bond donors (Lipinski definition) is 1. The van der Waals surface area contributed by atoms with Crippen LogP contribution in [0.15, 0.2) is 30.3 Å². The third-order valence-corrected chi connectivity index (χ3v) is 2.45. The summed E-state index contributed by atoms with van der Waals surface area (Å²) in [5, 5.41) is 11.3. The molecule has 0 radical (unpaired) electrons. The van der Waals surface area contributed by atoms with Crippen molar-refractivity contribution in [3.8, 4) is 4.97 Å². The Morgan fingerprint density at radius 1 is 1.46 bits per heavy atom. The monoisotopic (exact) mass is 240 g/mol. The number of rotatable bonds is 3. The first-order chi connectivity index (χ1) is 6.33. The number of nitrogens with one attached hydrogen (secondary N) is 1. The molecule has 0 heterocycles. The fraction of sp³-hybridized carbons (Fsp3) is 0.111. The molecular weight excluding hydrogens is 231 g/mol. The van der Waals surface area contributed by atoms with E-state index < -0.39 is 0 Å². The predicted octanol–water partition coefficient (Wildman–Crippen LogP) is 1.23. The van der Waals surface area contributed by atoms with Gasteiger partial charge in [0.25, 0.3) is 0 Å². The van der Waals surface area contributed by atoms with Crippen LogP contribution in [0.2, 0.25) is 5.32 Å². The molecule has 0 aliphatic heterocycles. The molecule has 0 fully saturated rings. The zero-order valence-electron chi connectivity index (χ0n) is 6.86. The van der Waals surface area contributed by atoms with Gasteiger partial charge in [0.1, 0.15) is 0 Å². The van der Waals surface area contributed by atoms with Crippen molar-refractivity contribution in [2.75, 3.05) is 5.32 Å². The van der Waals surface area contributed by atoms with Gasteiger partial charge in [0.05, 0.1) is 0 Å². The van der Waals surface area contributed by atoms with Crippen molar-refractivity contribution in [2.45, 2.75) is 5.32 Å². The van der Waals surface area contributed by atoms with Crippen LogP contribution in [0.4, 0.5) is 5.69 Å². The second-order valence-corrected chi connectivity index (χ2v) is 3.89. The molecule has 0 atom stereocenters. The van der Waals surface area contributed by atoms with Crippen molar-refractivity contribution in [1.82, 2.24) is 0 Å². The standard InChI is InChI=1S/C9H8N2OSe/c10-7-13-6-9(12)11-8-4-2-1-3-5-8/h1-5H,6H2,(H,11,12). The maximum absolute atomic E-state index is 11.1. The van der Waals surface area contributed by atoms with Gasteiger partial charge in [-0.25, -0.2) is 0 Å². The number of anilines is 1. The van der Waals surface area contributed by atoms with E-state index in [1.54, 1.807) is 0 Å². The Hall–Kier alpha value is -1.30. The van der Waals surface area contributed by atoms with Crippen molar-refractivity contribution in [2.24, 2.45) is 0 Å². The topological polar surface area (TPSA) is 52.9 Å². The number of nitriles is 1. The van der Waals surface area contributed by atoms with Gasteiger partial charge in [-0.05, 0) is 0 Å². The van der Waals surface area contributed by atoms with Gasteiger partial charge in [0.15, 0.2) is 0 Å². The predicted molar refractivity (Wildman–Crippen MR) is 51.2 cm³/mol. The Kier molecular flexibility index (Phi) is 4.04. The van der Waals surface area contributed by atoms with Crippen molar-refractivity contribution in [1.29, 1.82) is 5.26 Å². The first kappa shape index (κ1) is 9.78. The molecule has 1 aromatic rings. The summed E-state index contributed by atoms with van der Waals surface area (Å²) < 4.78 is 0. The Balaban J connectivity index is 2.42. The summed E-state index contributed by atoms with van der Waals surface area (Å²) in [6.07, 6.45) is 0. The van der Waals surface area contributed by atoms with Gasteiger partial charge in [-0.15, -0.1) is 0 Å². The molecule has 1 amide bonds. The molecule has 0 aromatic heterocycles. The summed E-state index contributed by atoms with van der Waals surface area (Å²) in [6.45, 7) is 0. The molecule has 4 heteroatoms. The summed E-state index contributed by atoms with van der Waals surface area (Å²) in [5.74, 6) is -0.0900. The summed E-state index contributed by atoms with van der Waals surface area (Å²) in [6, 6.07) is 9.22. The number of para-hydroxylation sites is 1. The zero-order valence-corrected chi connectivity index (χ0v) is 8.57. The van der Waals surface area contributed by atoms with Crippen molar-refractivity contribution < 1.29 is 4.79 Å². The normalized spacial score (nSPS) is 8.85. The summed E-state index contributed by atoms with van der Waals surface area (Å²) in [4.78, 5) is 13.1. The van der Waals surface area contributed by atoms with Crippen LogP contribution in [0.1, 0.15) is 0 Å². The Morgan fingerprint density at radius 2 is 2.15 bits per heavy atom. The van der Waals surface area contributed by atoms with Gasteiger partial charge in [0, 0.05) is 0 Å². The average Bonchev–Trinajstić information content (AvgIpc) is 2.16. The Morgan fingerprint density at radius 3 is 2.77 bits per heavy atom. The van der Waals surface area contributed by atoms with E-state index in [0.29, 0.717) is 5.32 Å². The number of carbonyl (C=O) groups excluding carboxylic acids is 1. The SMILES string of the molecule is N#C[Se]CC(=O)Nc1ccccc1.